The van der Waals surface area contributed by atoms with Gasteiger partial charge >= 0.3 is 5.97 Å². The third-order valence-electron chi connectivity index (χ3n) is 2.31. The molecule has 0 aromatic heterocycles. The summed E-state index contributed by atoms with van der Waals surface area (Å²) in [4.78, 5) is 15.1. The van der Waals surface area contributed by atoms with Crippen molar-refractivity contribution in [1.29, 1.82) is 0 Å². The molecule has 0 fully saturated rings. The molecule has 0 bridgehead atoms. The summed E-state index contributed by atoms with van der Waals surface area (Å²) < 4.78 is 0. The third kappa shape index (κ3) is 0.969. The number of carbonyl (C=O) groups is 1. The molecule has 0 atom stereocenters. The highest BCUT2D eigenvalue weighted by Gasteiger charge is 2.31. The molecule has 1 N–H and O–H groups in total. The molecule has 0 radical (unpaired) electrons. The van der Waals surface area contributed by atoms with Crippen LogP contribution in [0.2, 0.25) is 0 Å². The number of amidine groups is 1. The third-order valence-corrected chi connectivity index (χ3v) is 2.31. The van der Waals surface area contributed by atoms with Gasteiger partial charge in [-0.3, -0.25) is 0 Å². The second kappa shape index (κ2) is 2.60. The van der Waals surface area contributed by atoms with Crippen molar-refractivity contribution >= 4 is 23.1 Å². The fourth-order valence-electron chi connectivity index (χ4n) is 1.68. The summed E-state index contributed by atoms with van der Waals surface area (Å²) in [5, 5.41) is 16.2. The van der Waals surface area contributed by atoms with Crippen molar-refractivity contribution in [2.24, 2.45) is 15.2 Å². The SMILES string of the molecule is O=C(O)C1=C2C(=Nc3ccccc32)N=N1. The summed E-state index contributed by atoms with van der Waals surface area (Å²) in [5.41, 5.74) is 2.03. The predicted octanol–water partition coefficient (Wildman–Crippen LogP) is 1.99. The molecule has 0 spiro atoms. The molecule has 0 saturated carbocycles. The number of hydrogen-bond donors (Lipinski definition) is 1. The number of aliphatic carboxylic acids is 1. The van der Waals surface area contributed by atoms with Gasteiger partial charge in [0.1, 0.15) is 0 Å². The van der Waals surface area contributed by atoms with E-state index in [1.165, 1.54) is 0 Å². The van der Waals surface area contributed by atoms with Crippen LogP contribution in [0.3, 0.4) is 0 Å². The minimum Gasteiger partial charge on any atom is -0.476 e. The maximum Gasteiger partial charge on any atom is 0.357 e. The van der Waals surface area contributed by atoms with Crippen LogP contribution in [-0.4, -0.2) is 16.9 Å². The van der Waals surface area contributed by atoms with Crippen LogP contribution >= 0.6 is 0 Å². The van der Waals surface area contributed by atoms with Crippen LogP contribution in [0.5, 0.6) is 0 Å². The molecular formula is C10H5N3O2. The lowest BCUT2D eigenvalue weighted by Crippen LogP contribution is -2.00. The van der Waals surface area contributed by atoms with Gasteiger partial charge in [-0.1, -0.05) is 18.2 Å². The van der Waals surface area contributed by atoms with Gasteiger partial charge in [-0.2, -0.15) is 0 Å². The summed E-state index contributed by atoms with van der Waals surface area (Å²) in [7, 11) is 0. The van der Waals surface area contributed by atoms with E-state index < -0.39 is 5.97 Å². The van der Waals surface area contributed by atoms with Gasteiger partial charge in [0.25, 0.3) is 0 Å². The first kappa shape index (κ1) is 8.05. The van der Waals surface area contributed by atoms with E-state index in [-0.39, 0.29) is 5.70 Å². The van der Waals surface area contributed by atoms with Crippen molar-refractivity contribution < 1.29 is 9.90 Å². The van der Waals surface area contributed by atoms with Crippen molar-refractivity contribution in [1.82, 2.24) is 0 Å². The Kier molecular flexibility index (Phi) is 1.39. The molecule has 5 heteroatoms. The lowest BCUT2D eigenvalue weighted by atomic mass is 10.0. The van der Waals surface area contributed by atoms with Gasteiger partial charge < -0.3 is 5.11 Å². The Morgan fingerprint density at radius 1 is 1.20 bits per heavy atom. The van der Waals surface area contributed by atoms with Crippen LogP contribution in [-0.2, 0) is 4.79 Å². The van der Waals surface area contributed by atoms with Crippen LogP contribution in [0, 0.1) is 0 Å². The molecule has 1 aromatic carbocycles. The van der Waals surface area contributed by atoms with E-state index in [4.69, 9.17) is 5.11 Å². The van der Waals surface area contributed by atoms with Crippen molar-refractivity contribution in [3.05, 3.63) is 35.5 Å². The predicted molar refractivity (Wildman–Crippen MR) is 52.9 cm³/mol. The van der Waals surface area contributed by atoms with Crippen LogP contribution in [0.25, 0.3) is 5.57 Å². The average Bonchev–Trinajstić information content (AvgIpc) is 2.74. The summed E-state index contributed by atoms with van der Waals surface area (Å²) in [5.74, 6) is -0.677. The van der Waals surface area contributed by atoms with Crippen LogP contribution in [0.1, 0.15) is 5.56 Å². The van der Waals surface area contributed by atoms with Crippen molar-refractivity contribution in [3.63, 3.8) is 0 Å². The fraction of sp³-hybridized carbons (Fsp3) is 0. The fourth-order valence-corrected chi connectivity index (χ4v) is 1.68. The molecule has 3 rings (SSSR count). The summed E-state index contributed by atoms with van der Waals surface area (Å²) in [6.45, 7) is 0. The maximum absolute atomic E-state index is 10.9. The van der Waals surface area contributed by atoms with Gasteiger partial charge in [0, 0.05) is 5.56 Å². The summed E-state index contributed by atoms with van der Waals surface area (Å²) in [6.07, 6.45) is 0. The van der Waals surface area contributed by atoms with Crippen LogP contribution in [0.15, 0.2) is 45.2 Å². The number of nitrogens with zero attached hydrogens (tertiary/aromatic N) is 3. The topological polar surface area (TPSA) is 74.4 Å². The number of para-hydroxylation sites is 1. The number of carboxylic acid groups (broad SMARTS) is 1. The molecule has 72 valence electrons. The van der Waals surface area contributed by atoms with E-state index in [0.717, 1.165) is 11.3 Å². The summed E-state index contributed by atoms with van der Waals surface area (Å²) in [6, 6.07) is 7.33. The molecule has 1 aromatic rings. The van der Waals surface area contributed by atoms with Gasteiger partial charge in [-0.05, 0) is 6.07 Å². The van der Waals surface area contributed by atoms with E-state index in [1.807, 2.05) is 24.3 Å². The lowest BCUT2D eigenvalue weighted by Gasteiger charge is -1.97. The first-order valence-electron chi connectivity index (χ1n) is 4.35. The number of fused-ring (bicyclic) bond motifs is 3. The van der Waals surface area contributed by atoms with E-state index in [0.29, 0.717) is 11.4 Å². The Hall–Kier alpha value is -2.30. The maximum atomic E-state index is 10.9. The highest BCUT2D eigenvalue weighted by atomic mass is 16.4. The van der Waals surface area contributed by atoms with Gasteiger partial charge in [-0.25, -0.2) is 9.79 Å². The molecule has 5 nitrogen and oxygen atoms in total. The minimum absolute atomic E-state index is 0.0290. The number of aliphatic imine (C=N–C) groups is 1. The monoisotopic (exact) mass is 199 g/mol. The Morgan fingerprint density at radius 3 is 2.80 bits per heavy atom. The number of azo groups is 1. The first-order valence-corrected chi connectivity index (χ1v) is 4.35. The molecule has 0 amide bonds. The number of rotatable bonds is 1. The summed E-state index contributed by atoms with van der Waals surface area (Å²) >= 11 is 0. The zero-order chi connectivity index (χ0) is 10.4. The minimum atomic E-state index is -1.07. The second-order valence-corrected chi connectivity index (χ2v) is 3.18. The molecule has 2 heterocycles. The smallest absolute Gasteiger partial charge is 0.357 e. The Labute approximate surface area is 84.5 Å². The Morgan fingerprint density at radius 2 is 2.00 bits per heavy atom. The number of hydrogen-bond acceptors (Lipinski definition) is 4. The molecular weight excluding hydrogens is 194 g/mol. The van der Waals surface area contributed by atoms with Crippen LogP contribution in [0.4, 0.5) is 5.69 Å². The zero-order valence-corrected chi connectivity index (χ0v) is 7.51. The average molecular weight is 199 g/mol. The molecule has 15 heavy (non-hydrogen) atoms. The molecule has 0 aliphatic carbocycles. The van der Waals surface area contributed by atoms with Crippen LogP contribution < -0.4 is 0 Å². The molecule has 2 aliphatic rings. The van der Waals surface area contributed by atoms with E-state index in [2.05, 4.69) is 15.2 Å². The molecule has 0 unspecified atom stereocenters. The normalized spacial score (nSPS) is 16.4. The van der Waals surface area contributed by atoms with Crippen molar-refractivity contribution in [2.45, 2.75) is 0 Å². The first-order chi connectivity index (χ1) is 7.27. The Balaban J connectivity index is 2.30. The van der Waals surface area contributed by atoms with Gasteiger partial charge in [0.15, 0.2) is 11.5 Å². The zero-order valence-electron chi connectivity index (χ0n) is 7.51. The van der Waals surface area contributed by atoms with Crippen molar-refractivity contribution in [3.8, 4) is 0 Å². The van der Waals surface area contributed by atoms with Gasteiger partial charge in [0.2, 0.25) is 0 Å². The Bertz CT molecular complexity index is 570. The van der Waals surface area contributed by atoms with E-state index >= 15 is 0 Å². The standard InChI is InChI=1S/C10H5N3O2/c14-10(15)8-7-5-3-1-2-4-6(5)11-9(7)13-12-8/h1-4H,(H,14,15). The quantitative estimate of drug-likeness (QED) is 0.750. The van der Waals surface area contributed by atoms with Gasteiger partial charge in [-0.15, -0.1) is 10.2 Å². The highest BCUT2D eigenvalue weighted by Crippen LogP contribution is 2.39. The second-order valence-electron chi connectivity index (χ2n) is 3.18. The largest absolute Gasteiger partial charge is 0.476 e. The van der Waals surface area contributed by atoms with E-state index in [9.17, 15) is 4.79 Å². The lowest BCUT2D eigenvalue weighted by molar-refractivity contribution is -0.132. The molecule has 2 aliphatic heterocycles. The number of carboxylic acids is 1. The highest BCUT2D eigenvalue weighted by molar-refractivity contribution is 6.33. The van der Waals surface area contributed by atoms with E-state index in [1.54, 1.807) is 0 Å². The van der Waals surface area contributed by atoms with Crippen molar-refractivity contribution in [2.75, 3.05) is 0 Å². The number of benzene rings is 1. The molecule has 0 saturated heterocycles. The van der Waals surface area contributed by atoms with Gasteiger partial charge in [0.05, 0.1) is 11.3 Å².